The van der Waals surface area contributed by atoms with Crippen molar-refractivity contribution < 1.29 is 14.3 Å². The number of hydrogen-bond donors (Lipinski definition) is 3. The van der Waals surface area contributed by atoms with Crippen LogP contribution in [0.5, 0.6) is 11.5 Å². The summed E-state index contributed by atoms with van der Waals surface area (Å²) >= 11 is 0. The predicted octanol–water partition coefficient (Wildman–Crippen LogP) is 4.41. The molecule has 3 aromatic carbocycles. The maximum absolute atomic E-state index is 12.2. The third-order valence-corrected chi connectivity index (χ3v) is 4.34. The minimum absolute atomic E-state index is 0.143. The van der Waals surface area contributed by atoms with Gasteiger partial charge in [0.15, 0.2) is 0 Å². The normalized spacial score (nSPS) is 10.4. The molecule has 3 N–H and O–H groups in total. The van der Waals surface area contributed by atoms with Crippen LogP contribution in [0.3, 0.4) is 0 Å². The van der Waals surface area contributed by atoms with Gasteiger partial charge in [0.1, 0.15) is 11.5 Å². The summed E-state index contributed by atoms with van der Waals surface area (Å²) in [7, 11) is 3.90. The molecule has 0 saturated carbocycles. The number of nitrogens with one attached hydrogen (secondary N) is 3. The van der Waals surface area contributed by atoms with Gasteiger partial charge in [-0.1, -0.05) is 18.2 Å². The van der Waals surface area contributed by atoms with Gasteiger partial charge in [-0.05, 0) is 74.8 Å². The highest BCUT2D eigenvalue weighted by molar-refractivity contribution is 6.00. The summed E-state index contributed by atoms with van der Waals surface area (Å²) in [6, 6.07) is 22.9. The van der Waals surface area contributed by atoms with Crippen molar-refractivity contribution in [2.75, 3.05) is 37.8 Å². The Morgan fingerprint density at radius 1 is 0.774 bits per heavy atom. The molecule has 3 rings (SSSR count). The van der Waals surface area contributed by atoms with Gasteiger partial charge in [-0.15, -0.1) is 0 Å². The maximum Gasteiger partial charge on any atom is 0.323 e. The Balaban J connectivity index is 1.48. The predicted molar refractivity (Wildman–Crippen MR) is 123 cm³/mol. The summed E-state index contributed by atoms with van der Waals surface area (Å²) < 4.78 is 5.74. The van der Waals surface area contributed by atoms with Gasteiger partial charge in [0.2, 0.25) is 0 Å². The van der Waals surface area contributed by atoms with Crippen molar-refractivity contribution in [3.05, 3.63) is 84.4 Å². The Morgan fingerprint density at radius 2 is 1.32 bits per heavy atom. The molecule has 0 aromatic heterocycles. The first-order valence-corrected chi connectivity index (χ1v) is 9.93. The Labute approximate surface area is 182 Å². The maximum atomic E-state index is 12.2. The van der Waals surface area contributed by atoms with Crippen molar-refractivity contribution in [3.8, 4) is 11.5 Å². The molecule has 0 radical (unpaired) electrons. The molecule has 7 nitrogen and oxygen atoms in total. The average molecular weight is 418 g/mol. The van der Waals surface area contributed by atoms with Gasteiger partial charge in [0.25, 0.3) is 5.91 Å². The second-order valence-corrected chi connectivity index (χ2v) is 7.16. The number of anilines is 2. The van der Waals surface area contributed by atoms with E-state index < -0.39 is 0 Å². The Bertz CT molecular complexity index is 988. The molecule has 0 heterocycles. The van der Waals surface area contributed by atoms with E-state index in [0.29, 0.717) is 29.2 Å². The van der Waals surface area contributed by atoms with Gasteiger partial charge in [0.05, 0.1) is 0 Å². The standard InChI is InChI=1S/C24H26N4O3/c1-28(2)17-16-25-23(29)18-8-10-19(11-9-18)26-24(30)27-20-12-14-22(15-13-20)31-21-6-4-3-5-7-21/h3-15H,16-17H2,1-2H3,(H,25,29)(H2,26,27,30). The number of likely N-dealkylation sites (N-methyl/N-ethyl adjacent to an activating group) is 1. The van der Waals surface area contributed by atoms with Crippen LogP contribution < -0.4 is 20.7 Å². The van der Waals surface area contributed by atoms with E-state index in [-0.39, 0.29) is 11.9 Å². The molecule has 0 aliphatic rings. The number of nitrogens with zero attached hydrogens (tertiary/aromatic N) is 1. The van der Waals surface area contributed by atoms with E-state index in [1.54, 1.807) is 48.5 Å². The van der Waals surface area contributed by atoms with E-state index in [1.807, 2.05) is 49.3 Å². The van der Waals surface area contributed by atoms with Crippen molar-refractivity contribution in [1.82, 2.24) is 10.2 Å². The molecular formula is C24H26N4O3. The highest BCUT2D eigenvalue weighted by Gasteiger charge is 2.07. The van der Waals surface area contributed by atoms with Crippen LogP contribution in [-0.2, 0) is 0 Å². The van der Waals surface area contributed by atoms with E-state index in [9.17, 15) is 9.59 Å². The van der Waals surface area contributed by atoms with E-state index in [4.69, 9.17) is 4.74 Å². The van der Waals surface area contributed by atoms with Crippen LogP contribution in [0.4, 0.5) is 16.2 Å². The molecule has 0 saturated heterocycles. The van der Waals surface area contributed by atoms with Gasteiger partial charge in [0, 0.05) is 30.0 Å². The zero-order chi connectivity index (χ0) is 22.1. The SMILES string of the molecule is CN(C)CCNC(=O)c1ccc(NC(=O)Nc2ccc(Oc3ccccc3)cc2)cc1. The lowest BCUT2D eigenvalue weighted by Gasteiger charge is -2.11. The molecule has 0 spiro atoms. The lowest BCUT2D eigenvalue weighted by Crippen LogP contribution is -2.31. The fraction of sp³-hybridized carbons (Fsp3) is 0.167. The number of para-hydroxylation sites is 1. The molecular weight excluding hydrogens is 392 g/mol. The molecule has 160 valence electrons. The van der Waals surface area contributed by atoms with E-state index in [2.05, 4.69) is 16.0 Å². The minimum atomic E-state index is -0.375. The fourth-order valence-electron chi connectivity index (χ4n) is 2.72. The third kappa shape index (κ3) is 7.17. The van der Waals surface area contributed by atoms with Crippen LogP contribution in [0.15, 0.2) is 78.9 Å². The number of urea groups is 1. The number of rotatable bonds is 8. The molecule has 0 bridgehead atoms. The summed E-state index contributed by atoms with van der Waals surface area (Å²) in [5.74, 6) is 1.28. The number of carbonyl (C=O) groups is 2. The van der Waals surface area contributed by atoms with Crippen molar-refractivity contribution in [3.63, 3.8) is 0 Å². The zero-order valence-corrected chi connectivity index (χ0v) is 17.6. The Kier molecular flexibility index (Phi) is 7.61. The quantitative estimate of drug-likeness (QED) is 0.506. The first-order chi connectivity index (χ1) is 15.0. The summed E-state index contributed by atoms with van der Waals surface area (Å²) in [5, 5.41) is 8.37. The summed E-state index contributed by atoms with van der Waals surface area (Å²) in [4.78, 5) is 26.3. The van der Waals surface area contributed by atoms with Crippen LogP contribution in [0.2, 0.25) is 0 Å². The molecule has 0 aliphatic carbocycles. The first kappa shape index (κ1) is 21.9. The number of hydrogen-bond acceptors (Lipinski definition) is 4. The van der Waals surface area contributed by atoms with Crippen molar-refractivity contribution >= 4 is 23.3 Å². The average Bonchev–Trinajstić information content (AvgIpc) is 2.76. The zero-order valence-electron chi connectivity index (χ0n) is 17.6. The number of benzene rings is 3. The van der Waals surface area contributed by atoms with Crippen LogP contribution in [0, 0.1) is 0 Å². The first-order valence-electron chi connectivity index (χ1n) is 9.93. The highest BCUT2D eigenvalue weighted by Crippen LogP contribution is 2.22. The summed E-state index contributed by atoms with van der Waals surface area (Å²) in [5.41, 5.74) is 1.76. The molecule has 3 aromatic rings. The van der Waals surface area contributed by atoms with Gasteiger partial charge in [-0.25, -0.2) is 4.79 Å². The molecule has 0 aliphatic heterocycles. The number of amides is 3. The summed E-state index contributed by atoms with van der Waals surface area (Å²) in [6.07, 6.45) is 0. The van der Waals surface area contributed by atoms with Gasteiger partial charge in [-0.3, -0.25) is 4.79 Å². The number of ether oxygens (including phenoxy) is 1. The minimum Gasteiger partial charge on any atom is -0.457 e. The molecule has 3 amide bonds. The lowest BCUT2D eigenvalue weighted by atomic mass is 10.2. The van der Waals surface area contributed by atoms with E-state index in [0.717, 1.165) is 12.3 Å². The topological polar surface area (TPSA) is 82.7 Å². The van der Waals surface area contributed by atoms with Gasteiger partial charge in [-0.2, -0.15) is 0 Å². The van der Waals surface area contributed by atoms with Crippen molar-refractivity contribution in [2.45, 2.75) is 0 Å². The van der Waals surface area contributed by atoms with Crippen LogP contribution in [0.1, 0.15) is 10.4 Å². The second-order valence-electron chi connectivity index (χ2n) is 7.16. The lowest BCUT2D eigenvalue weighted by molar-refractivity contribution is 0.0951. The van der Waals surface area contributed by atoms with Crippen LogP contribution >= 0.6 is 0 Å². The van der Waals surface area contributed by atoms with Crippen molar-refractivity contribution in [2.24, 2.45) is 0 Å². The molecule has 7 heteroatoms. The second kappa shape index (κ2) is 10.8. The smallest absolute Gasteiger partial charge is 0.323 e. The van der Waals surface area contributed by atoms with Crippen LogP contribution in [-0.4, -0.2) is 44.0 Å². The number of carbonyl (C=O) groups excluding carboxylic acids is 2. The van der Waals surface area contributed by atoms with Crippen LogP contribution in [0.25, 0.3) is 0 Å². The monoisotopic (exact) mass is 418 g/mol. The molecule has 0 unspecified atom stereocenters. The molecule has 0 fully saturated rings. The Morgan fingerprint density at radius 3 is 1.90 bits per heavy atom. The van der Waals surface area contributed by atoms with Gasteiger partial charge < -0.3 is 25.6 Å². The Hall–Kier alpha value is -3.84. The summed E-state index contributed by atoms with van der Waals surface area (Å²) in [6.45, 7) is 1.34. The third-order valence-electron chi connectivity index (χ3n) is 4.34. The highest BCUT2D eigenvalue weighted by atomic mass is 16.5. The largest absolute Gasteiger partial charge is 0.457 e. The van der Waals surface area contributed by atoms with E-state index in [1.165, 1.54) is 0 Å². The fourth-order valence-corrected chi connectivity index (χ4v) is 2.72. The molecule has 31 heavy (non-hydrogen) atoms. The van der Waals surface area contributed by atoms with Gasteiger partial charge >= 0.3 is 6.03 Å². The van der Waals surface area contributed by atoms with Crippen molar-refractivity contribution in [1.29, 1.82) is 0 Å². The molecule has 0 atom stereocenters. The van der Waals surface area contributed by atoms with E-state index >= 15 is 0 Å².